The highest BCUT2D eigenvalue weighted by atomic mass is 16.3. The third-order valence-electron chi connectivity index (χ3n) is 8.22. The molecule has 0 fully saturated rings. The number of rotatable bonds is 3. The van der Waals surface area contributed by atoms with E-state index in [4.69, 9.17) is 19.8 Å². The number of nitriles is 2. The minimum absolute atomic E-state index is 0.444. The van der Waals surface area contributed by atoms with Gasteiger partial charge in [-0.1, -0.05) is 48.5 Å². The van der Waals surface area contributed by atoms with Crippen molar-refractivity contribution < 1.29 is 8.83 Å². The summed E-state index contributed by atoms with van der Waals surface area (Å²) >= 11 is 0. The van der Waals surface area contributed by atoms with Gasteiger partial charge in [0, 0.05) is 39.4 Å². The highest BCUT2D eigenvalue weighted by molar-refractivity contribution is 6.06. The number of hydrogen-bond donors (Lipinski definition) is 2. The molecule has 0 amide bonds. The molecule has 8 nitrogen and oxygen atoms in total. The molecular formula is C39H24N6O2. The van der Waals surface area contributed by atoms with Gasteiger partial charge in [0.25, 0.3) is 0 Å². The lowest BCUT2D eigenvalue weighted by molar-refractivity contribution is 0.668. The zero-order chi connectivity index (χ0) is 31.9. The third kappa shape index (κ3) is 4.74. The topological polar surface area (TPSA) is 130 Å². The lowest BCUT2D eigenvalue weighted by Crippen LogP contribution is -1.98. The van der Waals surface area contributed by atoms with Gasteiger partial charge in [0.2, 0.25) is 0 Å². The Morgan fingerprint density at radius 3 is 1.96 bits per heavy atom. The summed E-state index contributed by atoms with van der Waals surface area (Å²) in [6, 6.07) is 43.3. The molecule has 222 valence electrons. The number of nitrogens with one attached hydrogen (secondary N) is 1. The Hall–Kier alpha value is -7.03. The Labute approximate surface area is 268 Å². The molecule has 0 unspecified atom stereocenters. The molecule has 0 aliphatic rings. The third-order valence-corrected chi connectivity index (χ3v) is 8.22. The molecule has 3 N–H and O–H groups in total. The zero-order valence-electron chi connectivity index (χ0n) is 24.8. The highest BCUT2D eigenvalue weighted by Gasteiger charge is 2.12. The van der Waals surface area contributed by atoms with Crippen molar-refractivity contribution in [2.24, 2.45) is 0 Å². The minimum Gasteiger partial charge on any atom is -0.456 e. The van der Waals surface area contributed by atoms with E-state index in [1.54, 1.807) is 24.5 Å². The van der Waals surface area contributed by atoms with Crippen LogP contribution >= 0.6 is 0 Å². The Kier molecular flexibility index (Phi) is 6.53. The quantitative estimate of drug-likeness (QED) is 0.191. The fourth-order valence-electron chi connectivity index (χ4n) is 5.93. The van der Waals surface area contributed by atoms with Crippen molar-refractivity contribution in [3.05, 3.63) is 139 Å². The Balaban J connectivity index is 0.000000138. The smallest absolute Gasteiger partial charge is 0.137 e. The van der Waals surface area contributed by atoms with Crippen LogP contribution in [0.5, 0.6) is 0 Å². The van der Waals surface area contributed by atoms with Crippen LogP contribution in [-0.2, 0) is 0 Å². The van der Waals surface area contributed by atoms with Crippen molar-refractivity contribution in [3.63, 3.8) is 0 Å². The molecule has 9 aromatic rings. The number of hydrogen-bond acceptors (Lipinski definition) is 7. The van der Waals surface area contributed by atoms with Crippen molar-refractivity contribution in [1.82, 2.24) is 9.55 Å². The molecule has 0 saturated carbocycles. The van der Waals surface area contributed by atoms with E-state index in [1.807, 2.05) is 95.6 Å². The van der Waals surface area contributed by atoms with Crippen LogP contribution < -0.4 is 11.1 Å². The average Bonchev–Trinajstić information content (AvgIpc) is 3.82. The van der Waals surface area contributed by atoms with Gasteiger partial charge in [-0.25, -0.2) is 4.98 Å². The summed E-state index contributed by atoms with van der Waals surface area (Å²) in [7, 11) is 0. The van der Waals surface area contributed by atoms with Crippen molar-refractivity contribution in [2.75, 3.05) is 11.1 Å². The maximum absolute atomic E-state index is 9.22. The molecule has 3 aromatic heterocycles. The predicted octanol–water partition coefficient (Wildman–Crippen LogP) is 9.58. The number of imidazole rings is 1. The van der Waals surface area contributed by atoms with Gasteiger partial charge < -0.3 is 19.9 Å². The SMILES string of the molecule is N#Cc1cccc(Nc2ccc3c(c2)oc2ccccc23)c1N.N#Cc1cccc2c1ncn2-c1ccc2c(c1)oc1ccccc12. The first kappa shape index (κ1) is 27.5. The Bertz CT molecular complexity index is 2720. The van der Waals surface area contributed by atoms with Gasteiger partial charge in [-0.3, -0.25) is 4.57 Å². The molecule has 6 aromatic carbocycles. The second-order valence-corrected chi connectivity index (χ2v) is 11.0. The summed E-state index contributed by atoms with van der Waals surface area (Å²) < 4.78 is 13.8. The number of anilines is 3. The molecule has 0 saturated heterocycles. The maximum atomic E-state index is 9.22. The number of benzene rings is 6. The van der Waals surface area contributed by atoms with Crippen LogP contribution in [0.4, 0.5) is 17.1 Å². The molecule has 0 spiro atoms. The van der Waals surface area contributed by atoms with Crippen LogP contribution in [0.2, 0.25) is 0 Å². The summed E-state index contributed by atoms with van der Waals surface area (Å²) in [5, 5.41) is 25.9. The molecular weight excluding hydrogens is 584 g/mol. The molecule has 0 radical (unpaired) electrons. The van der Waals surface area contributed by atoms with Crippen LogP contribution in [0.15, 0.2) is 136 Å². The van der Waals surface area contributed by atoms with Crippen LogP contribution in [0.25, 0.3) is 60.6 Å². The van der Waals surface area contributed by atoms with E-state index in [9.17, 15) is 5.26 Å². The fourth-order valence-corrected chi connectivity index (χ4v) is 5.93. The second-order valence-electron chi connectivity index (χ2n) is 11.0. The first-order valence-electron chi connectivity index (χ1n) is 14.9. The molecule has 0 aliphatic carbocycles. The first-order valence-corrected chi connectivity index (χ1v) is 14.9. The number of aromatic nitrogens is 2. The van der Waals surface area contributed by atoms with E-state index in [0.29, 0.717) is 28.0 Å². The number of fused-ring (bicyclic) bond motifs is 7. The van der Waals surface area contributed by atoms with E-state index >= 15 is 0 Å². The second kappa shape index (κ2) is 11.2. The van der Waals surface area contributed by atoms with Crippen molar-refractivity contribution >= 4 is 72.0 Å². The molecule has 47 heavy (non-hydrogen) atoms. The summed E-state index contributed by atoms with van der Waals surface area (Å²) in [6.45, 7) is 0. The highest BCUT2D eigenvalue weighted by Crippen LogP contribution is 2.33. The lowest BCUT2D eigenvalue weighted by atomic mass is 10.1. The van der Waals surface area contributed by atoms with E-state index in [2.05, 4.69) is 34.6 Å². The molecule has 0 atom stereocenters. The normalized spacial score (nSPS) is 11.0. The first-order chi connectivity index (χ1) is 23.1. The van der Waals surface area contributed by atoms with Gasteiger partial charge in [-0.15, -0.1) is 0 Å². The van der Waals surface area contributed by atoms with Crippen molar-refractivity contribution in [3.8, 4) is 17.8 Å². The van der Waals surface area contributed by atoms with Crippen LogP contribution in [0.1, 0.15) is 11.1 Å². The van der Waals surface area contributed by atoms with E-state index < -0.39 is 0 Å². The molecule has 0 aliphatic heterocycles. The maximum Gasteiger partial charge on any atom is 0.137 e. The largest absolute Gasteiger partial charge is 0.456 e. The molecule has 8 heteroatoms. The predicted molar refractivity (Wildman–Crippen MR) is 186 cm³/mol. The van der Waals surface area contributed by atoms with Gasteiger partial charge >= 0.3 is 0 Å². The summed E-state index contributed by atoms with van der Waals surface area (Å²) in [4.78, 5) is 4.40. The summed E-state index contributed by atoms with van der Waals surface area (Å²) in [5.41, 5.74) is 15.0. The summed E-state index contributed by atoms with van der Waals surface area (Å²) in [6.07, 6.45) is 1.75. The van der Waals surface area contributed by atoms with E-state index in [0.717, 1.165) is 60.8 Å². The Morgan fingerprint density at radius 1 is 0.617 bits per heavy atom. The van der Waals surface area contributed by atoms with Gasteiger partial charge in [0.05, 0.1) is 33.7 Å². The van der Waals surface area contributed by atoms with Crippen molar-refractivity contribution in [2.45, 2.75) is 0 Å². The zero-order valence-corrected chi connectivity index (χ0v) is 24.8. The summed E-state index contributed by atoms with van der Waals surface area (Å²) in [5.74, 6) is 0. The van der Waals surface area contributed by atoms with E-state index in [-0.39, 0.29) is 0 Å². The molecule has 9 rings (SSSR count). The number of furan rings is 2. The van der Waals surface area contributed by atoms with Gasteiger partial charge in [0.15, 0.2) is 0 Å². The van der Waals surface area contributed by atoms with Crippen molar-refractivity contribution in [1.29, 1.82) is 10.5 Å². The average molecular weight is 609 g/mol. The van der Waals surface area contributed by atoms with Crippen LogP contribution in [0.3, 0.4) is 0 Å². The molecule has 0 bridgehead atoms. The number of para-hydroxylation sites is 4. The standard InChI is InChI=1S/C20H11N3O.C19H13N3O/c21-11-13-4-3-6-17-20(13)22-12-23(17)14-8-9-16-15-5-1-2-7-18(15)24-19(16)10-14;20-11-12-4-3-6-16(19(12)21)22-13-8-9-15-14-5-1-2-7-17(14)23-18(15)10-13/h1-10,12H;1-10,22H,21H2. The number of nitrogens with zero attached hydrogens (tertiary/aromatic N) is 4. The Morgan fingerprint density at radius 2 is 1.23 bits per heavy atom. The fraction of sp³-hybridized carbons (Fsp3) is 0. The van der Waals surface area contributed by atoms with E-state index in [1.165, 1.54) is 0 Å². The van der Waals surface area contributed by atoms with Gasteiger partial charge in [-0.05, 0) is 60.7 Å². The van der Waals surface area contributed by atoms with Crippen LogP contribution in [-0.4, -0.2) is 9.55 Å². The minimum atomic E-state index is 0.444. The lowest BCUT2D eigenvalue weighted by Gasteiger charge is -2.10. The van der Waals surface area contributed by atoms with Gasteiger partial charge in [0.1, 0.15) is 46.3 Å². The molecule has 3 heterocycles. The number of nitrogens with two attached hydrogens (primary N) is 1. The van der Waals surface area contributed by atoms with Crippen LogP contribution in [0, 0.1) is 22.7 Å². The van der Waals surface area contributed by atoms with Gasteiger partial charge in [-0.2, -0.15) is 10.5 Å². The number of nitrogen functional groups attached to an aromatic ring is 1. The monoisotopic (exact) mass is 608 g/mol.